The molecule has 0 aromatic heterocycles. The van der Waals surface area contributed by atoms with Gasteiger partial charge in [0.2, 0.25) is 0 Å². The van der Waals surface area contributed by atoms with Crippen molar-refractivity contribution in [3.63, 3.8) is 0 Å². The molecule has 2 nitrogen and oxygen atoms in total. The van der Waals surface area contributed by atoms with Crippen LogP contribution in [0.1, 0.15) is 11.1 Å². The van der Waals surface area contributed by atoms with E-state index < -0.39 is 5.82 Å². The van der Waals surface area contributed by atoms with E-state index in [1.54, 1.807) is 18.2 Å². The fourth-order valence-electron chi connectivity index (χ4n) is 1.59. The minimum absolute atomic E-state index is 0.319. The molecule has 0 aliphatic carbocycles. The summed E-state index contributed by atoms with van der Waals surface area (Å²) in [5, 5.41) is 9.36. The van der Waals surface area contributed by atoms with Gasteiger partial charge in [0.05, 0.1) is 16.7 Å². The first kappa shape index (κ1) is 13.7. The van der Waals surface area contributed by atoms with Gasteiger partial charge in [-0.1, -0.05) is 11.6 Å². The van der Waals surface area contributed by atoms with Crippen LogP contribution in [0.5, 0.6) is 0 Å². The zero-order valence-electron chi connectivity index (χ0n) is 9.86. The van der Waals surface area contributed by atoms with Gasteiger partial charge in [-0.05, 0) is 42.0 Å². The van der Waals surface area contributed by atoms with Crippen molar-refractivity contribution in [2.75, 3.05) is 5.73 Å². The topological polar surface area (TPSA) is 49.8 Å². The first-order valence-electron chi connectivity index (χ1n) is 5.46. The summed E-state index contributed by atoms with van der Waals surface area (Å²) >= 11 is 7.53. The summed E-state index contributed by atoms with van der Waals surface area (Å²) in [7, 11) is 0. The van der Waals surface area contributed by atoms with Crippen LogP contribution in [-0.2, 0) is 5.75 Å². The van der Waals surface area contributed by atoms with Crippen LogP contribution in [0.2, 0.25) is 5.02 Å². The van der Waals surface area contributed by atoms with E-state index in [-0.39, 0.29) is 0 Å². The molecule has 2 aromatic rings. The molecular formula is C14H10ClFN2S. The largest absolute Gasteiger partial charge is 0.399 e. The van der Waals surface area contributed by atoms with Gasteiger partial charge in [-0.25, -0.2) is 4.39 Å². The average Bonchev–Trinajstić information content (AvgIpc) is 2.37. The van der Waals surface area contributed by atoms with Crippen molar-refractivity contribution < 1.29 is 4.39 Å². The Bertz CT molecular complexity index is 652. The fourth-order valence-corrected chi connectivity index (χ4v) is 2.80. The summed E-state index contributed by atoms with van der Waals surface area (Å²) in [5.74, 6) is 0.133. The Hall–Kier alpha value is -1.70. The van der Waals surface area contributed by atoms with Gasteiger partial charge in [-0.15, -0.1) is 11.8 Å². The van der Waals surface area contributed by atoms with E-state index >= 15 is 0 Å². The summed E-state index contributed by atoms with van der Waals surface area (Å²) in [6.45, 7) is 0. The molecule has 0 saturated carbocycles. The molecule has 2 rings (SSSR count). The second-order valence-corrected chi connectivity index (χ2v) is 5.36. The van der Waals surface area contributed by atoms with Gasteiger partial charge in [0.1, 0.15) is 5.82 Å². The van der Waals surface area contributed by atoms with Crippen molar-refractivity contribution >= 4 is 29.1 Å². The van der Waals surface area contributed by atoms with E-state index in [1.807, 2.05) is 12.1 Å². The summed E-state index contributed by atoms with van der Waals surface area (Å²) in [5.41, 5.74) is 7.28. The van der Waals surface area contributed by atoms with E-state index in [0.717, 1.165) is 10.5 Å². The normalized spacial score (nSPS) is 10.2. The highest BCUT2D eigenvalue weighted by Gasteiger charge is 2.05. The molecular weight excluding hydrogens is 283 g/mol. The molecule has 0 fully saturated rings. The van der Waals surface area contributed by atoms with Gasteiger partial charge in [-0.2, -0.15) is 5.26 Å². The summed E-state index contributed by atoms with van der Waals surface area (Å²) in [6.07, 6.45) is 0. The number of hydrogen-bond acceptors (Lipinski definition) is 3. The molecule has 19 heavy (non-hydrogen) atoms. The number of benzene rings is 2. The number of halogens is 2. The van der Waals surface area contributed by atoms with E-state index in [0.29, 0.717) is 22.0 Å². The Morgan fingerprint density at radius 2 is 2.05 bits per heavy atom. The van der Waals surface area contributed by atoms with Gasteiger partial charge in [0, 0.05) is 16.3 Å². The minimum Gasteiger partial charge on any atom is -0.399 e. The van der Waals surface area contributed by atoms with Crippen molar-refractivity contribution in [3.05, 3.63) is 58.4 Å². The smallest absolute Gasteiger partial charge is 0.124 e. The second kappa shape index (κ2) is 5.96. The van der Waals surface area contributed by atoms with Crippen LogP contribution in [-0.4, -0.2) is 0 Å². The molecule has 0 aliphatic heterocycles. The molecule has 0 aliphatic rings. The van der Waals surface area contributed by atoms with Gasteiger partial charge < -0.3 is 5.73 Å². The number of nitrogens with two attached hydrogens (primary N) is 1. The standard InChI is InChI=1S/C14H10ClFN2S/c15-13-6-12(18)1-2-14(13)19-8-10-3-9(7-17)4-11(16)5-10/h1-6H,8,18H2. The zero-order chi connectivity index (χ0) is 13.8. The third-order valence-electron chi connectivity index (χ3n) is 2.44. The van der Waals surface area contributed by atoms with Gasteiger partial charge in [-0.3, -0.25) is 0 Å². The number of rotatable bonds is 3. The molecule has 0 heterocycles. The number of thioether (sulfide) groups is 1. The number of nitriles is 1. The number of hydrogen-bond donors (Lipinski definition) is 1. The van der Waals surface area contributed by atoms with E-state index in [4.69, 9.17) is 22.6 Å². The Morgan fingerprint density at radius 3 is 2.74 bits per heavy atom. The third kappa shape index (κ3) is 3.63. The van der Waals surface area contributed by atoms with Crippen LogP contribution in [0.3, 0.4) is 0 Å². The van der Waals surface area contributed by atoms with Crippen LogP contribution in [0, 0.1) is 17.1 Å². The van der Waals surface area contributed by atoms with Gasteiger partial charge in [0.25, 0.3) is 0 Å². The number of nitrogen functional groups attached to an aromatic ring is 1. The Balaban J connectivity index is 2.14. The van der Waals surface area contributed by atoms with E-state index in [9.17, 15) is 4.39 Å². The highest BCUT2D eigenvalue weighted by atomic mass is 35.5. The second-order valence-electron chi connectivity index (χ2n) is 3.94. The molecule has 2 N–H and O–H groups in total. The lowest BCUT2D eigenvalue weighted by Gasteiger charge is -2.06. The number of anilines is 1. The first-order valence-corrected chi connectivity index (χ1v) is 6.82. The van der Waals surface area contributed by atoms with Gasteiger partial charge in [0.15, 0.2) is 0 Å². The van der Waals surface area contributed by atoms with Crippen LogP contribution < -0.4 is 5.73 Å². The van der Waals surface area contributed by atoms with Crippen molar-refractivity contribution in [1.29, 1.82) is 5.26 Å². The maximum Gasteiger partial charge on any atom is 0.124 e. The molecule has 0 atom stereocenters. The quantitative estimate of drug-likeness (QED) is 0.680. The van der Waals surface area contributed by atoms with Crippen molar-refractivity contribution in [2.45, 2.75) is 10.6 Å². The van der Waals surface area contributed by atoms with Crippen LogP contribution in [0.25, 0.3) is 0 Å². The predicted molar refractivity (Wildman–Crippen MR) is 76.5 cm³/mol. The fraction of sp³-hybridized carbons (Fsp3) is 0.0714. The Labute approximate surface area is 120 Å². The molecule has 0 bridgehead atoms. The molecule has 0 amide bonds. The monoisotopic (exact) mass is 292 g/mol. The minimum atomic E-state index is -0.405. The SMILES string of the molecule is N#Cc1cc(F)cc(CSc2ccc(N)cc2Cl)c1. The lowest BCUT2D eigenvalue weighted by molar-refractivity contribution is 0.626. The molecule has 5 heteroatoms. The Kier molecular flexibility index (Phi) is 4.31. The molecule has 0 saturated heterocycles. The van der Waals surface area contributed by atoms with Crippen molar-refractivity contribution in [2.24, 2.45) is 0 Å². The first-order chi connectivity index (χ1) is 9.08. The summed E-state index contributed by atoms with van der Waals surface area (Å²) in [6, 6.07) is 11.5. The van der Waals surface area contributed by atoms with Crippen LogP contribution >= 0.6 is 23.4 Å². The molecule has 96 valence electrons. The molecule has 0 radical (unpaired) electrons. The lowest BCUT2D eigenvalue weighted by Crippen LogP contribution is -1.88. The molecule has 2 aromatic carbocycles. The van der Waals surface area contributed by atoms with Gasteiger partial charge >= 0.3 is 0 Å². The molecule has 0 spiro atoms. The highest BCUT2D eigenvalue weighted by molar-refractivity contribution is 7.98. The third-order valence-corrected chi connectivity index (χ3v) is 4.01. The van der Waals surface area contributed by atoms with Crippen LogP contribution in [0.15, 0.2) is 41.3 Å². The summed E-state index contributed by atoms with van der Waals surface area (Å²) in [4.78, 5) is 0.874. The van der Waals surface area contributed by atoms with Crippen LogP contribution in [0.4, 0.5) is 10.1 Å². The van der Waals surface area contributed by atoms with Crippen molar-refractivity contribution in [3.8, 4) is 6.07 Å². The van der Waals surface area contributed by atoms with Crippen molar-refractivity contribution in [1.82, 2.24) is 0 Å². The molecule has 0 unspecified atom stereocenters. The lowest BCUT2D eigenvalue weighted by atomic mass is 10.1. The highest BCUT2D eigenvalue weighted by Crippen LogP contribution is 2.31. The summed E-state index contributed by atoms with van der Waals surface area (Å²) < 4.78 is 13.3. The maximum atomic E-state index is 13.3. The predicted octanol–water partition coefficient (Wildman–Crippen LogP) is 4.23. The zero-order valence-corrected chi connectivity index (χ0v) is 11.4. The Morgan fingerprint density at radius 1 is 1.26 bits per heavy atom. The van der Waals surface area contributed by atoms with E-state index in [1.165, 1.54) is 23.9 Å². The van der Waals surface area contributed by atoms with E-state index in [2.05, 4.69) is 0 Å². The average molecular weight is 293 g/mol. The maximum absolute atomic E-state index is 13.3. The number of nitrogens with zero attached hydrogens (tertiary/aromatic N) is 1.